The Morgan fingerprint density at radius 3 is 2.62 bits per heavy atom. The molecule has 1 aliphatic rings. The van der Waals surface area contributed by atoms with Gasteiger partial charge in [0.25, 0.3) is 0 Å². The van der Waals surface area contributed by atoms with Crippen LogP contribution in [0.2, 0.25) is 0 Å². The lowest BCUT2D eigenvalue weighted by Gasteiger charge is -2.30. The standard InChI is InChI=1S/C12H22N2.C2H6/c1-4-12(8-13-3)10-14-7-5-6-11(2)9-14;1-2/h4,8,11H,5-7,9-10H2,1-3H3;1-2H3/b12-4+,13-8?;/t11-;/m0./s1. The average molecular weight is 224 g/mol. The lowest BCUT2D eigenvalue weighted by molar-refractivity contribution is 0.200. The second kappa shape index (κ2) is 9.59. The van der Waals surface area contributed by atoms with Crippen molar-refractivity contribution in [1.82, 2.24) is 4.90 Å². The Kier molecular flexibility index (Phi) is 9.21. The minimum Gasteiger partial charge on any atom is -0.299 e. The summed E-state index contributed by atoms with van der Waals surface area (Å²) in [5, 5.41) is 0. The van der Waals surface area contributed by atoms with Gasteiger partial charge in [0.15, 0.2) is 0 Å². The summed E-state index contributed by atoms with van der Waals surface area (Å²) in [6, 6.07) is 0. The normalized spacial score (nSPS) is 23.1. The quantitative estimate of drug-likeness (QED) is 0.671. The van der Waals surface area contributed by atoms with Crippen LogP contribution in [-0.2, 0) is 0 Å². The van der Waals surface area contributed by atoms with Crippen LogP contribution in [0.15, 0.2) is 16.6 Å². The van der Waals surface area contributed by atoms with Crippen LogP contribution in [0.1, 0.15) is 40.5 Å². The predicted octanol–water partition coefficient (Wildman–Crippen LogP) is 3.39. The average Bonchev–Trinajstić information content (AvgIpc) is 2.31. The van der Waals surface area contributed by atoms with E-state index in [1.165, 1.54) is 31.5 Å². The lowest BCUT2D eigenvalue weighted by Crippen LogP contribution is -2.35. The van der Waals surface area contributed by atoms with Gasteiger partial charge in [0.05, 0.1) is 0 Å². The fourth-order valence-electron chi connectivity index (χ4n) is 2.06. The van der Waals surface area contributed by atoms with Crippen LogP contribution in [0.3, 0.4) is 0 Å². The summed E-state index contributed by atoms with van der Waals surface area (Å²) in [4.78, 5) is 6.60. The van der Waals surface area contributed by atoms with Crippen molar-refractivity contribution < 1.29 is 0 Å². The van der Waals surface area contributed by atoms with Gasteiger partial charge in [-0.05, 0) is 37.8 Å². The second-order valence-electron chi connectivity index (χ2n) is 4.23. The van der Waals surface area contributed by atoms with Crippen molar-refractivity contribution in [3.05, 3.63) is 11.6 Å². The van der Waals surface area contributed by atoms with E-state index in [1.54, 1.807) is 0 Å². The summed E-state index contributed by atoms with van der Waals surface area (Å²) in [6.07, 6.45) is 6.87. The summed E-state index contributed by atoms with van der Waals surface area (Å²) < 4.78 is 0. The van der Waals surface area contributed by atoms with Gasteiger partial charge in [-0.15, -0.1) is 0 Å². The van der Waals surface area contributed by atoms with Crippen molar-refractivity contribution in [3.63, 3.8) is 0 Å². The smallest absolute Gasteiger partial charge is 0.0277 e. The first kappa shape index (κ1) is 15.4. The molecule has 0 N–H and O–H groups in total. The van der Waals surface area contributed by atoms with E-state index >= 15 is 0 Å². The van der Waals surface area contributed by atoms with Gasteiger partial charge in [-0.25, -0.2) is 0 Å². The van der Waals surface area contributed by atoms with Gasteiger partial charge in [-0.3, -0.25) is 9.89 Å². The number of nitrogens with zero attached hydrogens (tertiary/aromatic N) is 2. The van der Waals surface area contributed by atoms with E-state index in [1.807, 2.05) is 27.1 Å². The van der Waals surface area contributed by atoms with Crippen molar-refractivity contribution in [2.75, 3.05) is 26.7 Å². The maximum absolute atomic E-state index is 4.07. The van der Waals surface area contributed by atoms with E-state index in [-0.39, 0.29) is 0 Å². The zero-order valence-corrected chi connectivity index (χ0v) is 11.7. The van der Waals surface area contributed by atoms with E-state index in [4.69, 9.17) is 0 Å². The molecule has 0 amide bonds. The molecule has 94 valence electrons. The molecular formula is C14H28N2. The van der Waals surface area contributed by atoms with Crippen LogP contribution in [0, 0.1) is 5.92 Å². The topological polar surface area (TPSA) is 15.6 Å². The molecule has 0 unspecified atom stereocenters. The van der Waals surface area contributed by atoms with E-state index in [9.17, 15) is 0 Å². The highest BCUT2D eigenvalue weighted by molar-refractivity contribution is 5.78. The van der Waals surface area contributed by atoms with Crippen LogP contribution in [-0.4, -0.2) is 37.8 Å². The fraction of sp³-hybridized carbons (Fsp3) is 0.786. The molecule has 0 aliphatic carbocycles. The largest absolute Gasteiger partial charge is 0.299 e. The molecular weight excluding hydrogens is 196 g/mol. The van der Waals surface area contributed by atoms with Gasteiger partial charge in [0.1, 0.15) is 0 Å². The molecule has 0 aromatic heterocycles. The molecule has 0 aromatic rings. The number of rotatable bonds is 3. The van der Waals surface area contributed by atoms with Crippen LogP contribution >= 0.6 is 0 Å². The van der Waals surface area contributed by atoms with Crippen molar-refractivity contribution in [3.8, 4) is 0 Å². The highest BCUT2D eigenvalue weighted by atomic mass is 15.1. The fourth-order valence-corrected chi connectivity index (χ4v) is 2.06. The summed E-state index contributed by atoms with van der Waals surface area (Å²) in [5.74, 6) is 0.862. The third-order valence-electron chi connectivity index (χ3n) is 2.81. The number of allylic oxidation sites excluding steroid dienone is 1. The zero-order valence-electron chi connectivity index (χ0n) is 11.7. The van der Waals surface area contributed by atoms with Crippen molar-refractivity contribution in [1.29, 1.82) is 0 Å². The molecule has 1 aliphatic heterocycles. The molecule has 2 nitrogen and oxygen atoms in total. The lowest BCUT2D eigenvalue weighted by atomic mass is 10.00. The Morgan fingerprint density at radius 1 is 1.44 bits per heavy atom. The third-order valence-corrected chi connectivity index (χ3v) is 2.81. The molecule has 0 spiro atoms. The molecule has 1 atom stereocenters. The molecule has 1 heterocycles. The molecule has 1 saturated heterocycles. The van der Waals surface area contributed by atoms with Crippen molar-refractivity contribution >= 4 is 6.21 Å². The Labute approximate surface area is 101 Å². The zero-order chi connectivity index (χ0) is 12.4. The van der Waals surface area contributed by atoms with Crippen molar-refractivity contribution in [2.45, 2.75) is 40.5 Å². The third kappa shape index (κ3) is 6.06. The van der Waals surface area contributed by atoms with Gasteiger partial charge in [0, 0.05) is 26.4 Å². The molecule has 0 bridgehead atoms. The number of hydrogen-bond acceptors (Lipinski definition) is 2. The van der Waals surface area contributed by atoms with E-state index in [0.717, 1.165) is 12.5 Å². The molecule has 0 aromatic carbocycles. The van der Waals surface area contributed by atoms with E-state index in [2.05, 4.69) is 29.8 Å². The molecule has 1 rings (SSSR count). The Balaban J connectivity index is 0.00000106. The minimum atomic E-state index is 0.862. The first-order chi connectivity index (χ1) is 7.76. The summed E-state index contributed by atoms with van der Waals surface area (Å²) in [7, 11) is 1.84. The van der Waals surface area contributed by atoms with Crippen LogP contribution in [0.5, 0.6) is 0 Å². The summed E-state index contributed by atoms with van der Waals surface area (Å²) in [6.45, 7) is 12.0. The molecule has 2 heteroatoms. The predicted molar refractivity (Wildman–Crippen MR) is 74.4 cm³/mol. The molecule has 16 heavy (non-hydrogen) atoms. The monoisotopic (exact) mass is 224 g/mol. The van der Waals surface area contributed by atoms with Crippen LogP contribution < -0.4 is 0 Å². The summed E-state index contributed by atoms with van der Waals surface area (Å²) >= 11 is 0. The Hall–Kier alpha value is -0.630. The highest BCUT2D eigenvalue weighted by Crippen LogP contribution is 2.15. The van der Waals surface area contributed by atoms with Gasteiger partial charge in [-0.2, -0.15) is 0 Å². The van der Waals surface area contributed by atoms with Gasteiger partial charge < -0.3 is 0 Å². The Bertz CT molecular complexity index is 219. The van der Waals surface area contributed by atoms with Gasteiger partial charge in [-0.1, -0.05) is 26.8 Å². The second-order valence-corrected chi connectivity index (χ2v) is 4.23. The van der Waals surface area contributed by atoms with Crippen LogP contribution in [0.25, 0.3) is 0 Å². The first-order valence-corrected chi connectivity index (χ1v) is 6.56. The van der Waals surface area contributed by atoms with Gasteiger partial charge >= 0.3 is 0 Å². The van der Waals surface area contributed by atoms with E-state index < -0.39 is 0 Å². The highest BCUT2D eigenvalue weighted by Gasteiger charge is 2.16. The number of aliphatic imine (C=N–C) groups is 1. The van der Waals surface area contributed by atoms with Crippen molar-refractivity contribution in [2.24, 2.45) is 10.9 Å². The number of hydrogen-bond donors (Lipinski definition) is 0. The minimum absolute atomic E-state index is 0.862. The summed E-state index contributed by atoms with van der Waals surface area (Å²) in [5.41, 5.74) is 1.33. The molecule has 1 fully saturated rings. The maximum Gasteiger partial charge on any atom is 0.0277 e. The number of piperidine rings is 1. The van der Waals surface area contributed by atoms with E-state index in [0.29, 0.717) is 0 Å². The first-order valence-electron chi connectivity index (χ1n) is 6.56. The number of likely N-dealkylation sites (tertiary alicyclic amines) is 1. The Morgan fingerprint density at radius 2 is 2.12 bits per heavy atom. The van der Waals surface area contributed by atoms with Crippen LogP contribution in [0.4, 0.5) is 0 Å². The van der Waals surface area contributed by atoms with Gasteiger partial charge in [0.2, 0.25) is 0 Å². The molecule has 0 radical (unpaired) electrons. The SMILES string of the molecule is C/C=C(\C=NC)CN1CCC[C@H](C)C1.CC. The molecule has 0 saturated carbocycles. The maximum atomic E-state index is 4.07.